The number of thiophene rings is 1. The Bertz CT molecular complexity index is 1000. The van der Waals surface area contributed by atoms with Crippen molar-refractivity contribution in [1.82, 2.24) is 14.8 Å². The van der Waals surface area contributed by atoms with Crippen molar-refractivity contribution in [3.8, 4) is 0 Å². The quantitative estimate of drug-likeness (QED) is 0.598. The molecule has 0 unspecified atom stereocenters. The minimum absolute atomic E-state index is 0.162. The lowest BCUT2D eigenvalue weighted by Crippen LogP contribution is -2.17. The second-order valence-electron chi connectivity index (χ2n) is 5.35. The number of anilines is 1. The van der Waals surface area contributed by atoms with Gasteiger partial charge in [-0.05, 0) is 30.0 Å². The van der Waals surface area contributed by atoms with Gasteiger partial charge in [0, 0.05) is 6.54 Å². The van der Waals surface area contributed by atoms with Gasteiger partial charge in [-0.2, -0.15) is 0 Å². The van der Waals surface area contributed by atoms with Gasteiger partial charge in [0.05, 0.1) is 10.2 Å². The van der Waals surface area contributed by atoms with Crippen molar-refractivity contribution in [3.05, 3.63) is 64.1 Å². The van der Waals surface area contributed by atoms with Gasteiger partial charge in [-0.25, -0.2) is 0 Å². The molecule has 0 fully saturated rings. The number of aryl methyl sites for hydroxylation is 1. The second-order valence-corrected chi connectivity index (χ2v) is 7.48. The van der Waals surface area contributed by atoms with Crippen LogP contribution in [0.4, 0.5) is 5.13 Å². The zero-order valence-electron chi connectivity index (χ0n) is 12.9. The van der Waals surface area contributed by atoms with E-state index in [4.69, 9.17) is 0 Å². The molecule has 24 heavy (non-hydrogen) atoms. The van der Waals surface area contributed by atoms with E-state index < -0.39 is 0 Å². The molecule has 0 bridgehead atoms. The summed E-state index contributed by atoms with van der Waals surface area (Å²) in [5.74, 6) is -0.162. The molecule has 0 saturated carbocycles. The van der Waals surface area contributed by atoms with Crippen molar-refractivity contribution in [2.24, 2.45) is 0 Å². The maximum atomic E-state index is 12.7. The lowest BCUT2D eigenvalue weighted by atomic mass is 10.2. The molecule has 1 amide bonds. The molecule has 0 spiro atoms. The molecule has 5 nitrogen and oxygen atoms in total. The Labute approximate surface area is 146 Å². The molecule has 120 valence electrons. The standard InChI is InChI=1S/C17H14N4OS2/c1-11-19-20-17(24-11)18-16(22)14-9-15-13(7-8-23-15)21(14)10-12-5-3-2-4-6-12/h2-9H,10H2,1H3,(H,18,20,22). The third kappa shape index (κ3) is 2.83. The van der Waals surface area contributed by atoms with Gasteiger partial charge in [-0.1, -0.05) is 41.7 Å². The summed E-state index contributed by atoms with van der Waals surface area (Å²) < 4.78 is 3.15. The van der Waals surface area contributed by atoms with Crippen LogP contribution in [0.15, 0.2) is 47.8 Å². The molecule has 4 aromatic rings. The number of hydrogen-bond acceptors (Lipinski definition) is 5. The maximum absolute atomic E-state index is 12.7. The average molecular weight is 354 g/mol. The first-order valence-electron chi connectivity index (χ1n) is 7.43. The average Bonchev–Trinajstić information content (AvgIpc) is 3.26. The van der Waals surface area contributed by atoms with E-state index in [2.05, 4.69) is 33.7 Å². The summed E-state index contributed by atoms with van der Waals surface area (Å²) in [7, 11) is 0. The maximum Gasteiger partial charge on any atom is 0.274 e. The number of nitrogens with zero attached hydrogens (tertiary/aromatic N) is 3. The van der Waals surface area contributed by atoms with Gasteiger partial charge in [0.1, 0.15) is 10.7 Å². The zero-order valence-corrected chi connectivity index (χ0v) is 14.5. The Kier molecular flexibility index (Phi) is 3.87. The van der Waals surface area contributed by atoms with Crippen LogP contribution in [0.1, 0.15) is 21.1 Å². The van der Waals surface area contributed by atoms with Crippen molar-refractivity contribution in [3.63, 3.8) is 0 Å². The van der Waals surface area contributed by atoms with Crippen LogP contribution < -0.4 is 5.32 Å². The molecule has 3 heterocycles. The molecule has 3 aromatic heterocycles. The monoisotopic (exact) mass is 354 g/mol. The molecule has 0 saturated heterocycles. The first-order valence-corrected chi connectivity index (χ1v) is 9.12. The van der Waals surface area contributed by atoms with Crippen LogP contribution in [-0.2, 0) is 6.54 Å². The van der Waals surface area contributed by atoms with Crippen LogP contribution in [0.25, 0.3) is 10.2 Å². The van der Waals surface area contributed by atoms with Gasteiger partial charge < -0.3 is 4.57 Å². The van der Waals surface area contributed by atoms with E-state index in [-0.39, 0.29) is 5.91 Å². The molecular formula is C17H14N4OS2. The Morgan fingerprint density at radius 3 is 2.79 bits per heavy atom. The molecule has 1 aromatic carbocycles. The summed E-state index contributed by atoms with van der Waals surface area (Å²) in [4.78, 5) is 12.7. The molecule has 0 aliphatic rings. The van der Waals surface area contributed by atoms with Gasteiger partial charge in [0.2, 0.25) is 5.13 Å². The van der Waals surface area contributed by atoms with Crippen molar-refractivity contribution in [1.29, 1.82) is 0 Å². The molecule has 0 aliphatic heterocycles. The van der Waals surface area contributed by atoms with Crippen LogP contribution in [0.2, 0.25) is 0 Å². The summed E-state index contributed by atoms with van der Waals surface area (Å²) in [6.45, 7) is 2.51. The number of hydrogen-bond donors (Lipinski definition) is 1. The van der Waals surface area contributed by atoms with Crippen LogP contribution in [0.3, 0.4) is 0 Å². The van der Waals surface area contributed by atoms with Crippen LogP contribution in [0.5, 0.6) is 0 Å². The predicted molar refractivity (Wildman–Crippen MR) is 98.0 cm³/mol. The highest BCUT2D eigenvalue weighted by molar-refractivity contribution is 7.17. The summed E-state index contributed by atoms with van der Waals surface area (Å²) in [5.41, 5.74) is 2.86. The molecular weight excluding hydrogens is 340 g/mol. The number of nitrogens with one attached hydrogen (secondary N) is 1. The molecule has 0 radical (unpaired) electrons. The first kappa shape index (κ1) is 15.0. The zero-order chi connectivity index (χ0) is 16.5. The number of amides is 1. The Balaban J connectivity index is 1.70. The molecule has 0 atom stereocenters. The summed E-state index contributed by atoms with van der Waals surface area (Å²) in [6, 6.07) is 14.1. The highest BCUT2D eigenvalue weighted by atomic mass is 32.1. The molecule has 4 rings (SSSR count). The highest BCUT2D eigenvalue weighted by Crippen LogP contribution is 2.27. The third-order valence-corrected chi connectivity index (χ3v) is 5.29. The molecule has 0 aliphatic carbocycles. The van der Waals surface area contributed by atoms with Gasteiger partial charge in [-0.3, -0.25) is 10.1 Å². The van der Waals surface area contributed by atoms with Crippen molar-refractivity contribution in [2.45, 2.75) is 13.5 Å². The molecule has 7 heteroatoms. The summed E-state index contributed by atoms with van der Waals surface area (Å²) in [6.07, 6.45) is 0. The fourth-order valence-electron chi connectivity index (χ4n) is 2.61. The van der Waals surface area contributed by atoms with E-state index in [9.17, 15) is 4.79 Å². The summed E-state index contributed by atoms with van der Waals surface area (Å²) >= 11 is 3.00. The SMILES string of the molecule is Cc1nnc(NC(=O)c2cc3sccc3n2Cc2ccccc2)s1. The minimum Gasteiger partial charge on any atom is -0.331 e. The lowest BCUT2D eigenvalue weighted by molar-refractivity contribution is 0.101. The second kappa shape index (κ2) is 6.18. The Morgan fingerprint density at radius 1 is 1.21 bits per heavy atom. The number of aromatic nitrogens is 3. The van der Waals surface area contributed by atoms with Crippen LogP contribution >= 0.6 is 22.7 Å². The van der Waals surface area contributed by atoms with E-state index >= 15 is 0 Å². The fraction of sp³-hybridized carbons (Fsp3) is 0.118. The minimum atomic E-state index is -0.162. The first-order chi connectivity index (χ1) is 11.7. The van der Waals surface area contributed by atoms with E-state index in [0.717, 1.165) is 20.8 Å². The highest BCUT2D eigenvalue weighted by Gasteiger charge is 2.18. The van der Waals surface area contributed by atoms with Gasteiger partial charge in [0.25, 0.3) is 5.91 Å². The number of benzene rings is 1. The van der Waals surface area contributed by atoms with Crippen LogP contribution in [-0.4, -0.2) is 20.7 Å². The van der Waals surface area contributed by atoms with E-state index in [1.54, 1.807) is 11.3 Å². The van der Waals surface area contributed by atoms with Gasteiger partial charge in [0.15, 0.2) is 0 Å². The number of carbonyl (C=O) groups is 1. The number of carbonyl (C=O) groups excluding carboxylic acids is 1. The van der Waals surface area contributed by atoms with Crippen molar-refractivity contribution in [2.75, 3.05) is 5.32 Å². The number of fused-ring (bicyclic) bond motifs is 1. The van der Waals surface area contributed by atoms with Crippen LogP contribution in [0, 0.1) is 6.92 Å². The largest absolute Gasteiger partial charge is 0.331 e. The Morgan fingerprint density at radius 2 is 2.04 bits per heavy atom. The topological polar surface area (TPSA) is 59.8 Å². The molecule has 1 N–H and O–H groups in total. The van der Waals surface area contributed by atoms with Crippen molar-refractivity contribution >= 4 is 43.9 Å². The smallest absolute Gasteiger partial charge is 0.274 e. The Hall–Kier alpha value is -2.51. The van der Waals surface area contributed by atoms with Crippen molar-refractivity contribution < 1.29 is 4.79 Å². The van der Waals surface area contributed by atoms with E-state index in [1.807, 2.05) is 41.1 Å². The van der Waals surface area contributed by atoms with Gasteiger partial charge in [-0.15, -0.1) is 21.5 Å². The fourth-order valence-corrected chi connectivity index (χ4v) is 4.02. The predicted octanol–water partition coefficient (Wildman–Crippen LogP) is 4.16. The van der Waals surface area contributed by atoms with Gasteiger partial charge >= 0.3 is 0 Å². The van der Waals surface area contributed by atoms with E-state index in [0.29, 0.717) is 17.4 Å². The third-order valence-electron chi connectivity index (χ3n) is 3.69. The lowest BCUT2D eigenvalue weighted by Gasteiger charge is -2.10. The number of rotatable bonds is 4. The summed E-state index contributed by atoms with van der Waals surface area (Å²) in [5, 5.41) is 14.1. The normalized spacial score (nSPS) is 11.0. The van der Waals surface area contributed by atoms with E-state index in [1.165, 1.54) is 11.3 Å².